The van der Waals surface area contributed by atoms with Crippen molar-refractivity contribution < 1.29 is 13.2 Å². The molecule has 0 fully saturated rings. The maximum Gasteiger partial charge on any atom is 0.416 e. The van der Waals surface area contributed by atoms with Gasteiger partial charge in [-0.1, -0.05) is 35.9 Å². The molecule has 1 aliphatic heterocycles. The minimum Gasteiger partial charge on any atom is -0.295 e. The summed E-state index contributed by atoms with van der Waals surface area (Å²) in [5, 5.41) is 1.60. The Morgan fingerprint density at radius 3 is 2.52 bits per heavy atom. The monoisotopic (exact) mass is 480 g/mol. The minimum absolute atomic E-state index is 0.615. The molecule has 0 saturated heterocycles. The fourth-order valence-corrected chi connectivity index (χ4v) is 4.21. The molecule has 0 amide bonds. The maximum absolute atomic E-state index is 12.7. The number of alkyl halides is 3. The molecule has 0 unspecified atom stereocenters. The molecule has 4 rings (SSSR count). The van der Waals surface area contributed by atoms with Gasteiger partial charge >= 0.3 is 6.18 Å². The van der Waals surface area contributed by atoms with Gasteiger partial charge in [0.25, 0.3) is 0 Å². The molecule has 0 spiro atoms. The number of halogens is 5. The zero-order chi connectivity index (χ0) is 20.6. The van der Waals surface area contributed by atoms with Crippen molar-refractivity contribution >= 4 is 44.0 Å². The van der Waals surface area contributed by atoms with Crippen molar-refractivity contribution in [3.8, 4) is 0 Å². The van der Waals surface area contributed by atoms with Gasteiger partial charge in [-0.05, 0) is 63.3 Å². The number of pyridine rings is 1. The minimum atomic E-state index is -4.30. The summed E-state index contributed by atoms with van der Waals surface area (Å²) in [6, 6.07) is 11.3. The lowest BCUT2D eigenvalue weighted by Gasteiger charge is -2.27. The van der Waals surface area contributed by atoms with Crippen molar-refractivity contribution in [3.63, 3.8) is 0 Å². The SMILES string of the molecule is FC(F)(F)c1ccc(CN2CC=C(c3ccc4ncc(Br)cc4c3Cl)CC2)cc1. The standard InChI is InChI=1S/C22H17BrClF3N2/c23-17-11-19-20(28-12-17)6-5-18(21(19)24)15-7-9-29(10-8-15)13-14-1-3-16(4-2-14)22(25,26)27/h1-7,11-12H,8-10,13H2. The summed E-state index contributed by atoms with van der Waals surface area (Å²) in [5.41, 5.74) is 3.29. The van der Waals surface area contributed by atoms with Gasteiger partial charge in [-0.3, -0.25) is 9.88 Å². The van der Waals surface area contributed by atoms with Crippen LogP contribution in [0.25, 0.3) is 16.5 Å². The van der Waals surface area contributed by atoms with Crippen LogP contribution in [-0.2, 0) is 12.7 Å². The molecule has 1 aromatic heterocycles. The van der Waals surface area contributed by atoms with E-state index in [9.17, 15) is 13.2 Å². The smallest absolute Gasteiger partial charge is 0.295 e. The molecule has 0 radical (unpaired) electrons. The van der Waals surface area contributed by atoms with Gasteiger partial charge in [0.15, 0.2) is 0 Å². The first kappa shape index (κ1) is 20.4. The lowest BCUT2D eigenvalue weighted by molar-refractivity contribution is -0.137. The van der Waals surface area contributed by atoms with Gasteiger partial charge in [0.2, 0.25) is 0 Å². The van der Waals surface area contributed by atoms with Gasteiger partial charge in [0, 0.05) is 35.7 Å². The third-order valence-corrected chi connectivity index (χ3v) is 5.93. The van der Waals surface area contributed by atoms with E-state index in [1.54, 1.807) is 18.3 Å². The second-order valence-electron chi connectivity index (χ2n) is 7.06. The number of rotatable bonds is 3. The highest BCUT2D eigenvalue weighted by Gasteiger charge is 2.30. The van der Waals surface area contributed by atoms with E-state index < -0.39 is 11.7 Å². The van der Waals surface area contributed by atoms with E-state index in [2.05, 4.69) is 31.9 Å². The molecule has 0 bridgehead atoms. The second kappa shape index (κ2) is 8.09. The van der Waals surface area contributed by atoms with Crippen LogP contribution in [0.5, 0.6) is 0 Å². The van der Waals surface area contributed by atoms with Crippen molar-refractivity contribution in [2.24, 2.45) is 0 Å². The first-order valence-corrected chi connectivity index (χ1v) is 10.3. The van der Waals surface area contributed by atoms with Crippen LogP contribution < -0.4 is 0 Å². The van der Waals surface area contributed by atoms with Crippen LogP contribution in [0.2, 0.25) is 5.02 Å². The van der Waals surface area contributed by atoms with E-state index in [0.717, 1.165) is 58.1 Å². The molecule has 3 aromatic rings. The molecular weight excluding hydrogens is 465 g/mol. The number of nitrogens with zero attached hydrogens (tertiary/aromatic N) is 2. The molecule has 0 N–H and O–H groups in total. The lowest BCUT2D eigenvalue weighted by Crippen LogP contribution is -2.28. The average Bonchev–Trinajstić information content (AvgIpc) is 2.69. The largest absolute Gasteiger partial charge is 0.416 e. The Balaban J connectivity index is 1.49. The molecule has 1 aliphatic rings. The summed E-state index contributed by atoms with van der Waals surface area (Å²) in [6.45, 7) is 2.16. The fraction of sp³-hybridized carbons (Fsp3) is 0.227. The summed E-state index contributed by atoms with van der Waals surface area (Å²) >= 11 is 10.1. The van der Waals surface area contributed by atoms with Crippen molar-refractivity contribution in [1.29, 1.82) is 0 Å². The second-order valence-corrected chi connectivity index (χ2v) is 8.35. The molecule has 0 saturated carbocycles. The quantitative estimate of drug-likeness (QED) is 0.402. The van der Waals surface area contributed by atoms with E-state index in [1.165, 1.54) is 5.57 Å². The Kier molecular flexibility index (Phi) is 5.69. The Hall–Kier alpha value is -1.89. The van der Waals surface area contributed by atoms with Gasteiger partial charge in [-0.15, -0.1) is 0 Å². The number of benzene rings is 2. The third-order valence-electron chi connectivity index (χ3n) is 5.09. The average molecular weight is 482 g/mol. The lowest BCUT2D eigenvalue weighted by atomic mass is 9.97. The predicted octanol–water partition coefficient (Wildman–Crippen LogP) is 6.96. The van der Waals surface area contributed by atoms with Crippen molar-refractivity contribution in [2.75, 3.05) is 13.1 Å². The van der Waals surface area contributed by atoms with Gasteiger partial charge in [0.05, 0.1) is 16.1 Å². The van der Waals surface area contributed by atoms with Crippen LogP contribution in [-0.4, -0.2) is 23.0 Å². The maximum atomic E-state index is 12.7. The first-order valence-electron chi connectivity index (χ1n) is 9.13. The van der Waals surface area contributed by atoms with Gasteiger partial charge in [-0.2, -0.15) is 13.2 Å². The van der Waals surface area contributed by atoms with E-state index in [4.69, 9.17) is 11.6 Å². The summed E-state index contributed by atoms with van der Waals surface area (Å²) in [6.07, 6.45) is 0.419. The molecule has 0 atom stereocenters. The highest BCUT2D eigenvalue weighted by molar-refractivity contribution is 9.10. The highest BCUT2D eigenvalue weighted by Crippen LogP contribution is 2.35. The topological polar surface area (TPSA) is 16.1 Å². The molecule has 0 aliphatic carbocycles. The van der Waals surface area contributed by atoms with Gasteiger partial charge in [0.1, 0.15) is 0 Å². The normalized spacial score (nSPS) is 15.6. The number of aromatic nitrogens is 1. The highest BCUT2D eigenvalue weighted by atomic mass is 79.9. The van der Waals surface area contributed by atoms with Crippen LogP contribution in [0.15, 0.2) is 59.2 Å². The predicted molar refractivity (Wildman–Crippen MR) is 114 cm³/mol. The summed E-state index contributed by atoms with van der Waals surface area (Å²) in [7, 11) is 0. The molecule has 150 valence electrons. The summed E-state index contributed by atoms with van der Waals surface area (Å²) in [5.74, 6) is 0. The molecule has 2 heterocycles. The number of fused-ring (bicyclic) bond motifs is 1. The first-order chi connectivity index (χ1) is 13.8. The molecule has 7 heteroatoms. The molecule has 2 aromatic carbocycles. The van der Waals surface area contributed by atoms with Crippen LogP contribution in [0.1, 0.15) is 23.1 Å². The zero-order valence-corrected chi connectivity index (χ0v) is 17.7. The van der Waals surface area contributed by atoms with E-state index in [1.807, 2.05) is 18.2 Å². The summed E-state index contributed by atoms with van der Waals surface area (Å²) in [4.78, 5) is 6.59. The number of hydrogen-bond donors (Lipinski definition) is 0. The van der Waals surface area contributed by atoms with Crippen molar-refractivity contribution in [3.05, 3.63) is 80.9 Å². The van der Waals surface area contributed by atoms with Crippen LogP contribution in [0.3, 0.4) is 0 Å². The van der Waals surface area contributed by atoms with E-state index >= 15 is 0 Å². The Labute approximate surface area is 180 Å². The molecule has 2 nitrogen and oxygen atoms in total. The molecular formula is C22H17BrClF3N2. The van der Waals surface area contributed by atoms with Crippen LogP contribution >= 0.6 is 27.5 Å². The molecule has 29 heavy (non-hydrogen) atoms. The van der Waals surface area contributed by atoms with Crippen LogP contribution in [0, 0.1) is 0 Å². The third kappa shape index (κ3) is 4.49. The van der Waals surface area contributed by atoms with E-state index in [0.29, 0.717) is 11.6 Å². The Morgan fingerprint density at radius 2 is 1.86 bits per heavy atom. The summed E-state index contributed by atoms with van der Waals surface area (Å²) < 4.78 is 39.0. The van der Waals surface area contributed by atoms with Crippen molar-refractivity contribution in [2.45, 2.75) is 19.1 Å². The van der Waals surface area contributed by atoms with E-state index in [-0.39, 0.29) is 0 Å². The van der Waals surface area contributed by atoms with Crippen molar-refractivity contribution in [1.82, 2.24) is 9.88 Å². The Bertz CT molecular complexity index is 1080. The fourth-order valence-electron chi connectivity index (χ4n) is 3.54. The Morgan fingerprint density at radius 1 is 1.10 bits per heavy atom. The van der Waals surface area contributed by atoms with Crippen LogP contribution in [0.4, 0.5) is 13.2 Å². The van der Waals surface area contributed by atoms with Gasteiger partial charge < -0.3 is 0 Å². The number of hydrogen-bond acceptors (Lipinski definition) is 2. The van der Waals surface area contributed by atoms with Gasteiger partial charge in [-0.25, -0.2) is 0 Å². The zero-order valence-electron chi connectivity index (χ0n) is 15.3.